The van der Waals surface area contributed by atoms with Crippen LogP contribution in [0.15, 0.2) is 34.2 Å². The Balaban J connectivity index is 2.40. The van der Waals surface area contributed by atoms with Gasteiger partial charge in [-0.15, -0.1) is 0 Å². The molecule has 0 radical (unpaired) electrons. The van der Waals surface area contributed by atoms with Gasteiger partial charge in [-0.3, -0.25) is 0 Å². The predicted octanol–water partition coefficient (Wildman–Crippen LogP) is 5.12. The van der Waals surface area contributed by atoms with Gasteiger partial charge in [-0.2, -0.15) is 0 Å². The Morgan fingerprint density at radius 3 is 2.44 bits per heavy atom. The van der Waals surface area contributed by atoms with Crippen LogP contribution < -0.4 is 0 Å². The average molecular weight is 278 g/mol. The molecule has 0 fully saturated rings. The van der Waals surface area contributed by atoms with Gasteiger partial charge in [-0.05, 0) is 45.4 Å². The molecule has 2 rings (SSSR count). The third-order valence-electron chi connectivity index (χ3n) is 2.83. The Morgan fingerprint density at radius 2 is 1.78 bits per heavy atom. The molecule has 0 bridgehead atoms. The van der Waals surface area contributed by atoms with Gasteiger partial charge < -0.3 is 0 Å². The topological polar surface area (TPSA) is 12.9 Å². The van der Waals surface area contributed by atoms with Gasteiger partial charge in [0, 0.05) is 21.2 Å². The zero-order chi connectivity index (χ0) is 13.3. The van der Waals surface area contributed by atoms with Crippen molar-refractivity contribution in [3.63, 3.8) is 0 Å². The minimum absolute atomic E-state index is 0.787. The number of benzene rings is 1. The number of pyridine rings is 1. The van der Waals surface area contributed by atoms with Crippen LogP contribution in [-0.4, -0.2) is 4.98 Å². The van der Waals surface area contributed by atoms with E-state index in [1.165, 1.54) is 16.0 Å². The van der Waals surface area contributed by atoms with E-state index >= 15 is 0 Å². The van der Waals surface area contributed by atoms with E-state index in [0.717, 1.165) is 21.3 Å². The van der Waals surface area contributed by atoms with Crippen molar-refractivity contribution >= 4 is 23.4 Å². The van der Waals surface area contributed by atoms with Gasteiger partial charge in [0.15, 0.2) is 0 Å². The van der Waals surface area contributed by atoms with Gasteiger partial charge in [0.1, 0.15) is 5.03 Å². The number of halogens is 1. The molecule has 0 aliphatic carbocycles. The highest BCUT2D eigenvalue weighted by molar-refractivity contribution is 7.99. The summed E-state index contributed by atoms with van der Waals surface area (Å²) in [5.41, 5.74) is 4.56. The number of hydrogen-bond donors (Lipinski definition) is 0. The Hall–Kier alpha value is -0.990. The zero-order valence-corrected chi connectivity index (χ0v) is 12.6. The quantitative estimate of drug-likeness (QED) is 0.756. The third kappa shape index (κ3) is 2.88. The van der Waals surface area contributed by atoms with Crippen molar-refractivity contribution in [3.05, 3.63) is 51.7 Å². The van der Waals surface area contributed by atoms with Gasteiger partial charge in [0.25, 0.3) is 0 Å². The number of hydrogen-bond acceptors (Lipinski definition) is 2. The monoisotopic (exact) mass is 277 g/mol. The van der Waals surface area contributed by atoms with Crippen molar-refractivity contribution in [3.8, 4) is 0 Å². The lowest BCUT2D eigenvalue weighted by Gasteiger charge is -2.10. The number of aromatic nitrogens is 1. The normalized spacial score (nSPS) is 10.7. The van der Waals surface area contributed by atoms with E-state index in [9.17, 15) is 0 Å². The first-order valence-corrected chi connectivity index (χ1v) is 7.05. The highest BCUT2D eigenvalue weighted by Gasteiger charge is 2.09. The van der Waals surface area contributed by atoms with E-state index < -0.39 is 0 Å². The molecule has 3 heteroatoms. The van der Waals surface area contributed by atoms with Crippen molar-refractivity contribution in [2.75, 3.05) is 0 Å². The molecular weight excluding hydrogens is 262 g/mol. The summed E-state index contributed by atoms with van der Waals surface area (Å²) in [5.74, 6) is 0. The molecule has 0 N–H and O–H groups in total. The molecule has 18 heavy (non-hydrogen) atoms. The molecule has 2 aromatic rings. The Bertz CT molecular complexity index is 593. The fraction of sp³-hybridized carbons (Fsp3) is 0.267. The van der Waals surface area contributed by atoms with Crippen molar-refractivity contribution in [2.24, 2.45) is 0 Å². The maximum Gasteiger partial charge on any atom is 0.105 e. The molecule has 1 nitrogen and oxygen atoms in total. The summed E-state index contributed by atoms with van der Waals surface area (Å²) in [6.45, 7) is 8.22. The predicted molar refractivity (Wildman–Crippen MR) is 78.8 cm³/mol. The minimum Gasteiger partial charge on any atom is -0.246 e. The third-order valence-corrected chi connectivity index (χ3v) is 4.49. The number of nitrogens with zero attached hydrogens (tertiary/aromatic N) is 1. The Labute approximate surface area is 118 Å². The standard InChI is InChI=1S/C15H16ClNS/c1-9-5-6-14(10(2)7-9)18-15-12(4)13(16)8-11(3)17-15/h5-8H,1-4H3. The second-order valence-electron chi connectivity index (χ2n) is 4.55. The second-order valence-corrected chi connectivity index (χ2v) is 5.98. The van der Waals surface area contributed by atoms with Gasteiger partial charge in [-0.25, -0.2) is 4.98 Å². The largest absolute Gasteiger partial charge is 0.246 e. The number of rotatable bonds is 2. The summed E-state index contributed by atoms with van der Waals surface area (Å²) in [7, 11) is 0. The highest BCUT2D eigenvalue weighted by atomic mass is 35.5. The van der Waals surface area contributed by atoms with E-state index in [4.69, 9.17) is 11.6 Å². The summed E-state index contributed by atoms with van der Waals surface area (Å²) >= 11 is 7.88. The van der Waals surface area contributed by atoms with Crippen LogP contribution in [0.2, 0.25) is 5.02 Å². The van der Waals surface area contributed by atoms with Gasteiger partial charge in [0.2, 0.25) is 0 Å². The summed E-state index contributed by atoms with van der Waals surface area (Å²) < 4.78 is 0. The Kier molecular flexibility index (Phi) is 3.98. The fourth-order valence-electron chi connectivity index (χ4n) is 1.79. The van der Waals surface area contributed by atoms with Gasteiger partial charge in [0.05, 0.1) is 0 Å². The molecule has 1 heterocycles. The molecular formula is C15H16ClNS. The van der Waals surface area contributed by atoms with Crippen LogP contribution in [0.25, 0.3) is 0 Å². The lowest BCUT2D eigenvalue weighted by molar-refractivity contribution is 1.02. The van der Waals surface area contributed by atoms with E-state index in [1.807, 2.05) is 19.9 Å². The first-order chi connectivity index (χ1) is 8.47. The van der Waals surface area contributed by atoms with Crippen molar-refractivity contribution in [1.29, 1.82) is 0 Å². The summed E-state index contributed by atoms with van der Waals surface area (Å²) in [6.07, 6.45) is 0. The average Bonchev–Trinajstić information content (AvgIpc) is 2.29. The summed E-state index contributed by atoms with van der Waals surface area (Å²) in [5, 5.41) is 1.78. The van der Waals surface area contributed by atoms with E-state index in [0.29, 0.717) is 0 Å². The van der Waals surface area contributed by atoms with Crippen LogP contribution in [0.4, 0.5) is 0 Å². The number of aryl methyl sites for hydroxylation is 3. The molecule has 0 aliphatic heterocycles. The molecule has 0 saturated carbocycles. The summed E-state index contributed by atoms with van der Waals surface area (Å²) in [6, 6.07) is 8.37. The Morgan fingerprint density at radius 1 is 1.06 bits per heavy atom. The van der Waals surface area contributed by atoms with Crippen LogP contribution in [-0.2, 0) is 0 Å². The zero-order valence-electron chi connectivity index (χ0n) is 11.0. The van der Waals surface area contributed by atoms with Gasteiger partial charge in [-0.1, -0.05) is 41.1 Å². The molecule has 94 valence electrons. The molecule has 0 amide bonds. The smallest absolute Gasteiger partial charge is 0.105 e. The molecule has 0 atom stereocenters. The van der Waals surface area contributed by atoms with Crippen LogP contribution >= 0.6 is 23.4 Å². The van der Waals surface area contributed by atoms with Crippen molar-refractivity contribution in [2.45, 2.75) is 37.6 Å². The molecule has 1 aromatic carbocycles. The fourth-order valence-corrected chi connectivity index (χ4v) is 3.11. The maximum absolute atomic E-state index is 6.20. The van der Waals surface area contributed by atoms with Crippen molar-refractivity contribution < 1.29 is 0 Å². The lowest BCUT2D eigenvalue weighted by Crippen LogP contribution is -1.91. The van der Waals surface area contributed by atoms with Crippen molar-refractivity contribution in [1.82, 2.24) is 4.98 Å². The molecule has 0 saturated heterocycles. The first-order valence-electron chi connectivity index (χ1n) is 5.86. The molecule has 0 aliphatic rings. The van der Waals surface area contributed by atoms with E-state index in [1.54, 1.807) is 11.8 Å². The summed E-state index contributed by atoms with van der Waals surface area (Å²) in [4.78, 5) is 5.81. The van der Waals surface area contributed by atoms with Crippen LogP contribution in [0.5, 0.6) is 0 Å². The molecule has 0 unspecified atom stereocenters. The second kappa shape index (κ2) is 5.33. The van der Waals surface area contributed by atoms with E-state index in [-0.39, 0.29) is 0 Å². The lowest BCUT2D eigenvalue weighted by atomic mass is 10.2. The highest BCUT2D eigenvalue weighted by Crippen LogP contribution is 2.34. The molecule has 1 aromatic heterocycles. The minimum atomic E-state index is 0.787. The van der Waals surface area contributed by atoms with Gasteiger partial charge >= 0.3 is 0 Å². The van der Waals surface area contributed by atoms with Crippen LogP contribution in [0, 0.1) is 27.7 Å². The maximum atomic E-state index is 6.20. The van der Waals surface area contributed by atoms with Crippen LogP contribution in [0.1, 0.15) is 22.4 Å². The first kappa shape index (κ1) is 13.4. The van der Waals surface area contributed by atoms with Crippen LogP contribution in [0.3, 0.4) is 0 Å². The SMILES string of the molecule is Cc1ccc(Sc2nc(C)cc(Cl)c2C)c(C)c1. The molecule has 0 spiro atoms. The van der Waals surface area contributed by atoms with E-state index in [2.05, 4.69) is 37.0 Å².